The van der Waals surface area contributed by atoms with Gasteiger partial charge in [0.05, 0.1) is 4.98 Å². The number of hydrogen-bond donors (Lipinski definition) is 0. The Labute approximate surface area is 77.2 Å². The van der Waals surface area contributed by atoms with Crippen LogP contribution in [-0.2, 0) is 0 Å². The van der Waals surface area contributed by atoms with Gasteiger partial charge in [0.25, 0.3) is 0 Å². The lowest BCUT2D eigenvalue weighted by molar-refractivity contribution is -0.539. The van der Waals surface area contributed by atoms with E-state index in [4.69, 9.17) is 0 Å². The molecule has 0 atom stereocenters. The highest BCUT2D eigenvalue weighted by Gasteiger charge is 2.17. The van der Waals surface area contributed by atoms with Gasteiger partial charge in [-0.25, -0.2) is 0 Å². The minimum atomic E-state index is 0.903. The van der Waals surface area contributed by atoms with Gasteiger partial charge in [0.15, 0.2) is 0 Å². The minimum Gasteiger partial charge on any atom is -0.280 e. The minimum absolute atomic E-state index is 0.903. The fourth-order valence-electron chi connectivity index (χ4n) is 1.51. The Morgan fingerprint density at radius 3 is 3.08 bits per heavy atom. The predicted octanol–water partition coefficient (Wildman–Crippen LogP) is 0.0729. The molecule has 0 radical (unpaired) electrons. The Morgan fingerprint density at radius 1 is 1.23 bits per heavy atom. The predicted molar refractivity (Wildman–Crippen MR) is 47.2 cm³/mol. The third kappa shape index (κ3) is 2.08. The first-order valence-electron chi connectivity index (χ1n) is 4.74. The number of aromatic nitrogens is 3. The van der Waals surface area contributed by atoms with Crippen molar-refractivity contribution in [1.29, 1.82) is 0 Å². The summed E-state index contributed by atoms with van der Waals surface area (Å²) in [6.07, 6.45) is 8.23. The van der Waals surface area contributed by atoms with Crippen LogP contribution in [0.2, 0.25) is 0 Å². The molecule has 1 aliphatic heterocycles. The zero-order chi connectivity index (χ0) is 8.93. The van der Waals surface area contributed by atoms with Crippen molar-refractivity contribution in [2.24, 2.45) is 4.99 Å². The molecule has 0 aromatic carbocycles. The molecule has 0 aliphatic carbocycles. The van der Waals surface area contributed by atoms with Crippen LogP contribution in [0.25, 0.3) is 0 Å². The summed E-state index contributed by atoms with van der Waals surface area (Å²) in [5, 5.41) is 0. The lowest BCUT2D eigenvalue weighted by atomic mass is 10.1. The van der Waals surface area contributed by atoms with Crippen molar-refractivity contribution in [1.82, 2.24) is 4.98 Å². The van der Waals surface area contributed by atoms with Crippen LogP contribution in [0.1, 0.15) is 31.5 Å². The van der Waals surface area contributed by atoms with Crippen LogP contribution in [0.3, 0.4) is 0 Å². The van der Waals surface area contributed by atoms with E-state index < -0.39 is 0 Å². The Morgan fingerprint density at radius 2 is 2.23 bits per heavy atom. The molecule has 2 N–H and O–H groups in total. The molecule has 4 heteroatoms. The summed E-state index contributed by atoms with van der Waals surface area (Å²) in [4.78, 5) is 14.6. The molecule has 68 valence electrons. The van der Waals surface area contributed by atoms with Crippen molar-refractivity contribution in [2.75, 3.05) is 6.54 Å². The molecule has 2 rings (SSSR count). The zero-order valence-corrected chi connectivity index (χ0v) is 7.58. The van der Waals surface area contributed by atoms with Gasteiger partial charge in [0.1, 0.15) is 5.71 Å². The average molecular weight is 178 g/mol. The Kier molecular flexibility index (Phi) is 2.59. The SMILES string of the molecule is c1nc(C2=NCCCCC2)[nH+]c[nH+]1. The largest absolute Gasteiger partial charge is 0.413 e. The van der Waals surface area contributed by atoms with Gasteiger partial charge in [0, 0.05) is 6.54 Å². The average Bonchev–Trinajstić information content (AvgIpc) is 2.47. The van der Waals surface area contributed by atoms with Crippen molar-refractivity contribution in [3.63, 3.8) is 0 Å². The quantitative estimate of drug-likeness (QED) is 0.600. The van der Waals surface area contributed by atoms with Gasteiger partial charge in [-0.15, -0.1) is 0 Å². The first kappa shape index (κ1) is 8.29. The lowest BCUT2D eigenvalue weighted by Crippen LogP contribution is -2.25. The molecule has 0 spiro atoms. The monoisotopic (exact) mass is 178 g/mol. The van der Waals surface area contributed by atoms with Gasteiger partial charge in [-0.2, -0.15) is 9.97 Å². The van der Waals surface area contributed by atoms with Crippen LogP contribution in [0.15, 0.2) is 17.6 Å². The summed E-state index contributed by atoms with van der Waals surface area (Å²) in [7, 11) is 0. The normalized spacial score (nSPS) is 17.7. The van der Waals surface area contributed by atoms with Crippen LogP contribution in [-0.4, -0.2) is 17.2 Å². The van der Waals surface area contributed by atoms with Gasteiger partial charge in [-0.1, -0.05) is 6.42 Å². The van der Waals surface area contributed by atoms with Gasteiger partial charge in [-0.05, 0) is 19.3 Å². The molecule has 13 heavy (non-hydrogen) atoms. The van der Waals surface area contributed by atoms with E-state index in [0.717, 1.165) is 24.5 Å². The molecule has 1 aliphatic rings. The number of aliphatic imine (C=N–C) groups is 1. The molecule has 1 aromatic rings. The van der Waals surface area contributed by atoms with Crippen LogP contribution in [0.4, 0.5) is 0 Å². The summed E-state index contributed by atoms with van der Waals surface area (Å²) in [6, 6.07) is 0. The van der Waals surface area contributed by atoms with E-state index in [-0.39, 0.29) is 0 Å². The molecule has 4 nitrogen and oxygen atoms in total. The van der Waals surface area contributed by atoms with E-state index in [1.807, 2.05) is 0 Å². The maximum Gasteiger partial charge on any atom is 0.413 e. The van der Waals surface area contributed by atoms with Crippen LogP contribution in [0, 0.1) is 0 Å². The molecule has 2 heterocycles. The van der Waals surface area contributed by atoms with Gasteiger partial charge in [0.2, 0.25) is 0 Å². The van der Waals surface area contributed by atoms with E-state index in [1.165, 1.54) is 19.3 Å². The van der Waals surface area contributed by atoms with Crippen LogP contribution < -0.4 is 9.97 Å². The highest BCUT2D eigenvalue weighted by molar-refractivity contribution is 5.96. The topological polar surface area (TPSA) is 53.5 Å². The second-order valence-corrected chi connectivity index (χ2v) is 3.20. The smallest absolute Gasteiger partial charge is 0.280 e. The standard InChI is InChI=1S/C9H12N4/c1-2-4-8(11-5-3-1)9-12-6-10-7-13-9/h6-7H,1-5H2/p+2. The van der Waals surface area contributed by atoms with E-state index in [9.17, 15) is 0 Å². The summed E-state index contributed by atoms with van der Waals surface area (Å²) in [5.41, 5.74) is 1.12. The Hall–Kier alpha value is -1.32. The summed E-state index contributed by atoms with van der Waals surface area (Å²) in [6.45, 7) is 0.948. The summed E-state index contributed by atoms with van der Waals surface area (Å²) in [5.74, 6) is 0.903. The fourth-order valence-corrected chi connectivity index (χ4v) is 1.51. The third-order valence-electron chi connectivity index (χ3n) is 2.21. The molecular formula is C9H14N4+2. The van der Waals surface area contributed by atoms with Crippen molar-refractivity contribution < 1.29 is 9.97 Å². The van der Waals surface area contributed by atoms with Crippen LogP contribution in [0.5, 0.6) is 0 Å². The summed E-state index contributed by atoms with van der Waals surface area (Å²) < 4.78 is 0. The number of aromatic amines is 2. The Bertz CT molecular complexity index is 294. The van der Waals surface area contributed by atoms with Gasteiger partial charge in [-0.3, -0.25) is 4.99 Å². The lowest BCUT2D eigenvalue weighted by Gasteiger charge is -1.91. The fraction of sp³-hybridized carbons (Fsp3) is 0.556. The number of rotatable bonds is 1. The number of H-pyrrole nitrogens is 2. The maximum absolute atomic E-state index is 4.50. The second kappa shape index (κ2) is 4.07. The first-order chi connectivity index (χ1) is 6.47. The number of hydrogen-bond acceptors (Lipinski definition) is 2. The first-order valence-corrected chi connectivity index (χ1v) is 4.74. The number of nitrogens with zero attached hydrogens (tertiary/aromatic N) is 2. The third-order valence-corrected chi connectivity index (χ3v) is 2.21. The summed E-state index contributed by atoms with van der Waals surface area (Å²) >= 11 is 0. The Balaban J connectivity index is 2.19. The van der Waals surface area contributed by atoms with Crippen molar-refractivity contribution >= 4 is 5.71 Å². The molecule has 0 unspecified atom stereocenters. The highest BCUT2D eigenvalue weighted by atomic mass is 15.0. The van der Waals surface area contributed by atoms with Crippen molar-refractivity contribution in [2.45, 2.75) is 25.7 Å². The van der Waals surface area contributed by atoms with E-state index in [1.54, 1.807) is 12.7 Å². The highest BCUT2D eigenvalue weighted by Crippen LogP contribution is 2.09. The molecule has 0 saturated heterocycles. The second-order valence-electron chi connectivity index (χ2n) is 3.20. The molecule has 0 amide bonds. The molecule has 1 aromatic heterocycles. The van der Waals surface area contributed by atoms with Gasteiger partial charge < -0.3 is 0 Å². The van der Waals surface area contributed by atoms with E-state index in [0.29, 0.717) is 0 Å². The zero-order valence-electron chi connectivity index (χ0n) is 7.58. The van der Waals surface area contributed by atoms with Crippen molar-refractivity contribution in [3.8, 4) is 0 Å². The van der Waals surface area contributed by atoms with E-state index >= 15 is 0 Å². The number of nitrogens with one attached hydrogen (secondary N) is 2. The molecule has 0 saturated carbocycles. The van der Waals surface area contributed by atoms with Crippen molar-refractivity contribution in [3.05, 3.63) is 18.5 Å². The van der Waals surface area contributed by atoms with E-state index in [2.05, 4.69) is 19.9 Å². The van der Waals surface area contributed by atoms with Gasteiger partial charge >= 0.3 is 18.5 Å². The molecule has 0 fully saturated rings. The molecular weight excluding hydrogens is 164 g/mol. The maximum atomic E-state index is 4.50. The molecule has 0 bridgehead atoms. The van der Waals surface area contributed by atoms with Crippen LogP contribution >= 0.6 is 0 Å².